The van der Waals surface area contributed by atoms with Crippen molar-refractivity contribution in [2.24, 2.45) is 10.9 Å². The normalized spacial score (nSPS) is 15.2. The number of aliphatic imine (C=N–C) groups is 1. The minimum Gasteiger partial charge on any atom is -0.379 e. The van der Waals surface area contributed by atoms with Gasteiger partial charge in [0.2, 0.25) is 0 Å². The van der Waals surface area contributed by atoms with Gasteiger partial charge in [-0.25, -0.2) is 0 Å². The maximum Gasteiger partial charge on any atom is 0.191 e. The lowest BCUT2D eigenvalue weighted by Crippen LogP contribution is -2.39. The Morgan fingerprint density at radius 2 is 1.71 bits per heavy atom. The van der Waals surface area contributed by atoms with Crippen LogP contribution in [-0.4, -0.2) is 52.5 Å². The molecule has 124 valence electrons. The van der Waals surface area contributed by atoms with Gasteiger partial charge in [-0.1, -0.05) is 26.2 Å². The van der Waals surface area contributed by atoms with Crippen molar-refractivity contribution in [2.45, 2.75) is 45.4 Å². The number of unbranched alkanes of at least 4 members (excludes halogenated alkanes) is 1. The van der Waals surface area contributed by atoms with E-state index in [9.17, 15) is 0 Å². The molecule has 0 unspecified atom stereocenters. The van der Waals surface area contributed by atoms with Crippen LogP contribution in [0.3, 0.4) is 0 Å². The minimum absolute atomic E-state index is 0.665. The molecule has 0 heterocycles. The highest BCUT2D eigenvalue weighted by atomic mass is 16.5. The summed E-state index contributed by atoms with van der Waals surface area (Å²) in [6.07, 6.45) is 7.77. The lowest BCUT2D eigenvalue weighted by Gasteiger charge is -2.12. The number of hydrogen-bond acceptors (Lipinski definition) is 3. The molecular formula is C16H33N3O2. The smallest absolute Gasteiger partial charge is 0.191 e. The van der Waals surface area contributed by atoms with E-state index in [1.165, 1.54) is 32.1 Å². The highest BCUT2D eigenvalue weighted by molar-refractivity contribution is 5.79. The second kappa shape index (κ2) is 12.9. The topological polar surface area (TPSA) is 54.9 Å². The molecule has 0 atom stereocenters. The number of guanidine groups is 1. The predicted octanol–water partition coefficient (Wildman–Crippen LogP) is 2.17. The maximum atomic E-state index is 5.50. The molecule has 1 aliphatic carbocycles. The van der Waals surface area contributed by atoms with Gasteiger partial charge < -0.3 is 20.1 Å². The number of ether oxygens (including phenoxy) is 2. The maximum absolute atomic E-state index is 5.50. The zero-order chi connectivity index (χ0) is 15.2. The molecule has 0 bridgehead atoms. The van der Waals surface area contributed by atoms with Crippen LogP contribution in [0.1, 0.15) is 45.4 Å². The summed E-state index contributed by atoms with van der Waals surface area (Å²) in [5.41, 5.74) is 0. The molecule has 0 saturated heterocycles. The van der Waals surface area contributed by atoms with Crippen LogP contribution in [0.2, 0.25) is 0 Å². The van der Waals surface area contributed by atoms with Crippen molar-refractivity contribution in [3.63, 3.8) is 0 Å². The van der Waals surface area contributed by atoms with Gasteiger partial charge in [-0.3, -0.25) is 4.99 Å². The van der Waals surface area contributed by atoms with E-state index >= 15 is 0 Å². The van der Waals surface area contributed by atoms with Gasteiger partial charge >= 0.3 is 0 Å². The summed E-state index contributed by atoms with van der Waals surface area (Å²) in [5.74, 6) is 1.88. The summed E-state index contributed by atoms with van der Waals surface area (Å²) in [6.45, 7) is 6.82. The Hall–Kier alpha value is -0.810. The van der Waals surface area contributed by atoms with E-state index in [2.05, 4.69) is 22.5 Å². The Morgan fingerprint density at radius 1 is 1.00 bits per heavy atom. The van der Waals surface area contributed by atoms with E-state index in [1.54, 1.807) is 7.05 Å². The number of hydrogen-bond donors (Lipinski definition) is 2. The second-order valence-electron chi connectivity index (χ2n) is 5.59. The van der Waals surface area contributed by atoms with Crippen molar-refractivity contribution in [3.05, 3.63) is 0 Å². The summed E-state index contributed by atoms with van der Waals surface area (Å²) in [6, 6.07) is 0. The van der Waals surface area contributed by atoms with E-state index in [0.29, 0.717) is 19.8 Å². The van der Waals surface area contributed by atoms with E-state index in [-0.39, 0.29) is 0 Å². The van der Waals surface area contributed by atoms with Crippen LogP contribution in [0.25, 0.3) is 0 Å². The van der Waals surface area contributed by atoms with Crippen LogP contribution in [0.15, 0.2) is 4.99 Å². The van der Waals surface area contributed by atoms with Crippen LogP contribution >= 0.6 is 0 Å². The van der Waals surface area contributed by atoms with Gasteiger partial charge in [0.15, 0.2) is 5.96 Å². The van der Waals surface area contributed by atoms with Gasteiger partial charge in [-0.2, -0.15) is 0 Å². The molecule has 1 fully saturated rings. The first-order valence-electron chi connectivity index (χ1n) is 8.46. The zero-order valence-corrected chi connectivity index (χ0v) is 13.8. The van der Waals surface area contributed by atoms with Crippen molar-refractivity contribution in [1.29, 1.82) is 0 Å². The van der Waals surface area contributed by atoms with Crippen molar-refractivity contribution < 1.29 is 9.47 Å². The second-order valence-corrected chi connectivity index (χ2v) is 5.59. The summed E-state index contributed by atoms with van der Waals surface area (Å²) >= 11 is 0. The molecule has 1 rings (SSSR count). The molecule has 5 nitrogen and oxygen atoms in total. The van der Waals surface area contributed by atoms with E-state index in [4.69, 9.17) is 9.47 Å². The first-order valence-corrected chi connectivity index (χ1v) is 8.46. The van der Waals surface area contributed by atoms with Crippen LogP contribution in [0.5, 0.6) is 0 Å². The van der Waals surface area contributed by atoms with Crippen molar-refractivity contribution in [1.82, 2.24) is 10.6 Å². The van der Waals surface area contributed by atoms with Crippen LogP contribution in [-0.2, 0) is 9.47 Å². The highest BCUT2D eigenvalue weighted by Gasteiger charge is 2.19. The fraction of sp³-hybridized carbons (Fsp3) is 0.938. The van der Waals surface area contributed by atoms with Gasteiger partial charge in [-0.05, 0) is 25.2 Å². The molecule has 0 aromatic heterocycles. The summed E-state index contributed by atoms with van der Waals surface area (Å²) < 4.78 is 10.9. The third kappa shape index (κ3) is 11.5. The summed E-state index contributed by atoms with van der Waals surface area (Å²) in [5, 5.41) is 6.59. The quantitative estimate of drug-likeness (QED) is 0.311. The summed E-state index contributed by atoms with van der Waals surface area (Å²) in [4.78, 5) is 4.20. The fourth-order valence-electron chi connectivity index (χ4n) is 2.03. The molecule has 0 aromatic carbocycles. The first kappa shape index (κ1) is 18.2. The minimum atomic E-state index is 0.665. The van der Waals surface area contributed by atoms with Gasteiger partial charge in [0.05, 0.1) is 19.8 Å². The van der Waals surface area contributed by atoms with Gasteiger partial charge in [0, 0.05) is 26.7 Å². The lowest BCUT2D eigenvalue weighted by molar-refractivity contribution is 0.0487. The zero-order valence-electron chi connectivity index (χ0n) is 13.8. The molecule has 0 aliphatic heterocycles. The monoisotopic (exact) mass is 299 g/mol. The Morgan fingerprint density at radius 3 is 2.38 bits per heavy atom. The highest BCUT2D eigenvalue weighted by Crippen LogP contribution is 2.33. The number of rotatable bonds is 13. The van der Waals surface area contributed by atoms with E-state index < -0.39 is 0 Å². The molecule has 0 spiro atoms. The fourth-order valence-corrected chi connectivity index (χ4v) is 2.03. The largest absolute Gasteiger partial charge is 0.379 e. The van der Waals surface area contributed by atoms with Crippen LogP contribution < -0.4 is 10.6 Å². The molecule has 0 aromatic rings. The van der Waals surface area contributed by atoms with Gasteiger partial charge in [0.25, 0.3) is 0 Å². The molecule has 21 heavy (non-hydrogen) atoms. The summed E-state index contributed by atoms with van der Waals surface area (Å²) in [7, 11) is 1.80. The van der Waals surface area contributed by atoms with Crippen LogP contribution in [0.4, 0.5) is 0 Å². The Bertz CT molecular complexity index is 268. The van der Waals surface area contributed by atoms with Crippen LogP contribution in [0, 0.1) is 5.92 Å². The first-order chi connectivity index (χ1) is 10.4. The molecule has 1 saturated carbocycles. The van der Waals surface area contributed by atoms with E-state index in [0.717, 1.165) is 38.0 Å². The Kier molecular flexibility index (Phi) is 11.2. The SMILES string of the molecule is CCCCOCCOCCNC(=NC)NCCCC1CC1. The lowest BCUT2D eigenvalue weighted by atomic mass is 10.2. The average Bonchev–Trinajstić information content (AvgIpc) is 3.32. The Balaban J connectivity index is 1.82. The molecule has 1 aliphatic rings. The third-order valence-corrected chi connectivity index (χ3v) is 3.56. The molecule has 0 amide bonds. The van der Waals surface area contributed by atoms with Crippen molar-refractivity contribution in [3.8, 4) is 0 Å². The van der Waals surface area contributed by atoms with Gasteiger partial charge in [-0.15, -0.1) is 0 Å². The van der Waals surface area contributed by atoms with Gasteiger partial charge in [0.1, 0.15) is 0 Å². The molecule has 2 N–H and O–H groups in total. The molecule has 0 radical (unpaired) electrons. The molecule has 5 heteroatoms. The number of nitrogens with zero attached hydrogens (tertiary/aromatic N) is 1. The number of nitrogens with one attached hydrogen (secondary N) is 2. The van der Waals surface area contributed by atoms with E-state index in [1.807, 2.05) is 0 Å². The molecular weight excluding hydrogens is 266 g/mol. The standard InChI is InChI=1S/C16H33N3O2/c1-3-4-11-20-13-14-21-12-10-19-16(17-2)18-9-5-6-15-7-8-15/h15H,3-14H2,1-2H3,(H2,17,18,19). The average molecular weight is 299 g/mol. The third-order valence-electron chi connectivity index (χ3n) is 3.56. The predicted molar refractivity (Wildman–Crippen MR) is 87.9 cm³/mol. The van der Waals surface area contributed by atoms with Crippen molar-refractivity contribution >= 4 is 5.96 Å². The van der Waals surface area contributed by atoms with Crippen molar-refractivity contribution in [2.75, 3.05) is 46.6 Å². The Labute approximate surface area is 129 Å².